The number of aromatic amines is 1. The van der Waals surface area contributed by atoms with Crippen LogP contribution in [-0.4, -0.2) is 23.9 Å². The van der Waals surface area contributed by atoms with Gasteiger partial charge in [0.25, 0.3) is 0 Å². The average molecular weight is 299 g/mol. The second-order valence-electron chi connectivity index (χ2n) is 4.68. The third kappa shape index (κ3) is 2.14. The van der Waals surface area contributed by atoms with Crippen molar-refractivity contribution in [2.45, 2.75) is 0 Å². The molecule has 2 aromatic carbocycles. The number of hydrogen-bond acceptors (Lipinski definition) is 4. The Morgan fingerprint density at radius 2 is 1.68 bits per heavy atom. The molecule has 1 aromatic heterocycles. The lowest BCUT2D eigenvalue weighted by molar-refractivity contribution is -0.370. The van der Waals surface area contributed by atoms with Crippen LogP contribution in [0, 0.1) is 0 Å². The summed E-state index contributed by atoms with van der Waals surface area (Å²) < 4.78 is 11.6. The number of para-hydroxylation sites is 1. The van der Waals surface area contributed by atoms with Crippen molar-refractivity contribution < 1.29 is 19.6 Å². The largest absolute Gasteiger partial charge is 0.493 e. The van der Waals surface area contributed by atoms with Gasteiger partial charge < -0.3 is 14.6 Å². The van der Waals surface area contributed by atoms with E-state index >= 15 is 0 Å². The van der Waals surface area contributed by atoms with Crippen molar-refractivity contribution >= 4 is 10.9 Å². The Bertz CT molecular complexity index is 888. The number of fused-ring (bicyclic) bond motifs is 1. The number of nitrogens with zero attached hydrogens (tertiary/aromatic N) is 1. The molecule has 0 aliphatic heterocycles. The first-order chi connectivity index (χ1) is 10.7. The highest BCUT2D eigenvalue weighted by atomic mass is 16.5. The number of H-pyrrole nitrogens is 1. The summed E-state index contributed by atoms with van der Waals surface area (Å²) in [6.45, 7) is 0. The number of nitrogens with one attached hydrogen (secondary N) is 1. The molecular weight excluding hydrogens is 284 g/mol. The zero-order valence-electron chi connectivity index (χ0n) is 12.2. The molecule has 0 amide bonds. The van der Waals surface area contributed by atoms with Gasteiger partial charge in [-0.25, -0.2) is 9.78 Å². The summed E-state index contributed by atoms with van der Waals surface area (Å²) in [5.41, 5.74) is 0.684. The van der Waals surface area contributed by atoms with Crippen molar-refractivity contribution in [1.29, 1.82) is 0 Å². The van der Waals surface area contributed by atoms with Gasteiger partial charge in [-0.2, -0.15) is 0 Å². The average Bonchev–Trinajstić information content (AvgIpc) is 2.54. The van der Waals surface area contributed by atoms with Crippen LogP contribution in [0.15, 0.2) is 47.3 Å². The molecule has 3 rings (SSSR count). The number of rotatable bonds is 3. The zero-order valence-corrected chi connectivity index (χ0v) is 12.2. The first-order valence-electron chi connectivity index (χ1n) is 6.64. The van der Waals surface area contributed by atoms with Gasteiger partial charge in [0.15, 0.2) is 11.5 Å². The zero-order chi connectivity index (χ0) is 15.7. The highest BCUT2D eigenvalue weighted by molar-refractivity contribution is 5.79. The number of methoxy groups -OCH3 is 2. The van der Waals surface area contributed by atoms with Crippen molar-refractivity contribution in [3.8, 4) is 23.2 Å². The van der Waals surface area contributed by atoms with E-state index in [1.807, 2.05) is 6.07 Å². The molecule has 3 aromatic rings. The second-order valence-corrected chi connectivity index (χ2v) is 4.68. The van der Waals surface area contributed by atoms with Crippen LogP contribution < -0.4 is 20.0 Å². The van der Waals surface area contributed by atoms with E-state index in [-0.39, 0.29) is 11.6 Å². The van der Waals surface area contributed by atoms with Gasteiger partial charge in [-0.1, -0.05) is 18.2 Å². The maximum atomic E-state index is 12.7. The van der Waals surface area contributed by atoms with Gasteiger partial charge in [0.2, 0.25) is 0 Å². The second kappa shape index (κ2) is 5.40. The molecule has 0 saturated heterocycles. The molecule has 1 heterocycles. The summed E-state index contributed by atoms with van der Waals surface area (Å²) in [6.07, 6.45) is 0. The van der Waals surface area contributed by atoms with E-state index in [0.717, 1.165) is 0 Å². The van der Waals surface area contributed by atoms with E-state index < -0.39 is 0 Å². The molecular formula is C16H15N2O4+. The Morgan fingerprint density at radius 1 is 1.05 bits per heavy atom. The van der Waals surface area contributed by atoms with Crippen LogP contribution in [0.1, 0.15) is 0 Å². The number of aromatic nitrogens is 2. The van der Waals surface area contributed by atoms with Gasteiger partial charge in [-0.15, -0.1) is 4.57 Å². The molecule has 22 heavy (non-hydrogen) atoms. The van der Waals surface area contributed by atoms with E-state index in [1.54, 1.807) is 36.4 Å². The van der Waals surface area contributed by atoms with Crippen LogP contribution >= 0.6 is 0 Å². The first-order valence-corrected chi connectivity index (χ1v) is 6.64. The SMILES string of the molecule is COc1cc2[nH+]c(O)n(-c3ccccc3)c(=O)c2cc1OC. The van der Waals surface area contributed by atoms with E-state index in [0.29, 0.717) is 28.1 Å². The van der Waals surface area contributed by atoms with Gasteiger partial charge in [0.1, 0.15) is 16.6 Å². The summed E-state index contributed by atoms with van der Waals surface area (Å²) in [5, 5.41) is 10.6. The lowest BCUT2D eigenvalue weighted by atomic mass is 10.2. The summed E-state index contributed by atoms with van der Waals surface area (Å²) in [4.78, 5) is 15.5. The smallest absolute Gasteiger partial charge is 0.460 e. The van der Waals surface area contributed by atoms with Gasteiger partial charge in [0.05, 0.1) is 14.2 Å². The van der Waals surface area contributed by atoms with Crippen LogP contribution in [0.25, 0.3) is 16.6 Å². The minimum atomic E-state index is -0.349. The Balaban J connectivity index is 2.36. The third-order valence-electron chi connectivity index (χ3n) is 3.43. The quantitative estimate of drug-likeness (QED) is 0.796. The number of hydrogen-bond donors (Lipinski definition) is 1. The maximum Gasteiger partial charge on any atom is 0.460 e. The van der Waals surface area contributed by atoms with Crippen LogP contribution in [0.3, 0.4) is 0 Å². The molecule has 0 atom stereocenters. The minimum Gasteiger partial charge on any atom is -0.493 e. The van der Waals surface area contributed by atoms with Crippen LogP contribution in [-0.2, 0) is 0 Å². The predicted octanol–water partition coefficient (Wildman–Crippen LogP) is 1.53. The van der Waals surface area contributed by atoms with Crippen molar-refractivity contribution in [2.24, 2.45) is 0 Å². The minimum absolute atomic E-state index is 0.254. The summed E-state index contributed by atoms with van der Waals surface area (Å²) in [6, 6.07) is 11.8. The van der Waals surface area contributed by atoms with Gasteiger partial charge in [0, 0.05) is 12.1 Å². The molecule has 0 unspecified atom stereocenters. The van der Waals surface area contributed by atoms with Gasteiger partial charge in [-0.3, -0.25) is 0 Å². The van der Waals surface area contributed by atoms with E-state index in [2.05, 4.69) is 4.98 Å². The monoisotopic (exact) mass is 299 g/mol. The molecule has 0 aliphatic rings. The summed E-state index contributed by atoms with van der Waals surface area (Å²) >= 11 is 0. The normalized spacial score (nSPS) is 10.6. The number of aromatic hydroxyl groups is 1. The molecule has 0 bridgehead atoms. The van der Waals surface area contributed by atoms with Crippen LogP contribution in [0.2, 0.25) is 0 Å². The Morgan fingerprint density at radius 3 is 2.32 bits per heavy atom. The Kier molecular flexibility index (Phi) is 3.42. The van der Waals surface area contributed by atoms with E-state index in [9.17, 15) is 9.90 Å². The van der Waals surface area contributed by atoms with Gasteiger partial charge >= 0.3 is 11.6 Å². The molecule has 112 valence electrons. The van der Waals surface area contributed by atoms with Crippen LogP contribution in [0.5, 0.6) is 17.5 Å². The Labute approximate surface area is 126 Å². The molecule has 2 N–H and O–H groups in total. The molecule has 0 saturated carbocycles. The highest BCUT2D eigenvalue weighted by Gasteiger charge is 2.21. The fraction of sp³-hybridized carbons (Fsp3) is 0.125. The molecule has 0 radical (unpaired) electrons. The molecule has 0 spiro atoms. The van der Waals surface area contributed by atoms with Crippen molar-refractivity contribution in [1.82, 2.24) is 4.57 Å². The first kappa shape index (κ1) is 13.9. The standard InChI is InChI=1S/C16H14N2O4/c1-21-13-8-11-12(9-14(13)22-2)17-16(20)18(15(11)19)10-6-4-3-5-7-10/h3-9H,1-2H3,(H,17,20)/p+1. The fourth-order valence-electron chi connectivity index (χ4n) is 2.37. The van der Waals surface area contributed by atoms with Crippen LogP contribution in [0.4, 0.5) is 0 Å². The van der Waals surface area contributed by atoms with E-state index in [1.165, 1.54) is 18.8 Å². The Hall–Kier alpha value is -3.02. The molecule has 0 aliphatic carbocycles. The van der Waals surface area contributed by atoms with Crippen molar-refractivity contribution in [3.63, 3.8) is 0 Å². The topological polar surface area (TPSA) is 74.8 Å². The van der Waals surface area contributed by atoms with Crippen molar-refractivity contribution in [3.05, 3.63) is 52.8 Å². The lowest BCUT2D eigenvalue weighted by Gasteiger charge is -2.08. The molecule has 6 nitrogen and oxygen atoms in total. The lowest BCUT2D eigenvalue weighted by Crippen LogP contribution is -2.26. The summed E-state index contributed by atoms with van der Waals surface area (Å²) in [5.74, 6) is 0.924. The highest BCUT2D eigenvalue weighted by Crippen LogP contribution is 2.29. The van der Waals surface area contributed by atoms with E-state index in [4.69, 9.17) is 9.47 Å². The number of ether oxygens (including phenoxy) is 2. The van der Waals surface area contributed by atoms with Gasteiger partial charge in [-0.05, 0) is 12.1 Å². The predicted molar refractivity (Wildman–Crippen MR) is 80.9 cm³/mol. The fourth-order valence-corrected chi connectivity index (χ4v) is 2.37. The molecule has 6 heteroatoms. The number of benzene rings is 2. The van der Waals surface area contributed by atoms with Crippen molar-refractivity contribution in [2.75, 3.05) is 14.2 Å². The third-order valence-corrected chi connectivity index (χ3v) is 3.43. The molecule has 0 fully saturated rings. The summed E-state index contributed by atoms with van der Waals surface area (Å²) in [7, 11) is 3.01. The maximum absolute atomic E-state index is 12.7.